The van der Waals surface area contributed by atoms with Gasteiger partial charge in [0.2, 0.25) is 5.95 Å². The van der Waals surface area contributed by atoms with Crippen LogP contribution in [0.1, 0.15) is 61.2 Å². The first-order chi connectivity index (χ1) is 13.1. The van der Waals surface area contributed by atoms with Gasteiger partial charge in [0.05, 0.1) is 5.69 Å². The topological polar surface area (TPSA) is 41.1 Å². The van der Waals surface area contributed by atoms with Gasteiger partial charge in [0.1, 0.15) is 5.82 Å². The first-order valence-corrected chi connectivity index (χ1v) is 10.2. The summed E-state index contributed by atoms with van der Waals surface area (Å²) in [6.45, 7) is 7.04. The molecule has 1 N–H and O–H groups in total. The highest BCUT2D eigenvalue weighted by Crippen LogP contribution is 2.35. The van der Waals surface area contributed by atoms with Crippen molar-refractivity contribution in [2.24, 2.45) is 5.92 Å². The van der Waals surface area contributed by atoms with Gasteiger partial charge in [0.15, 0.2) is 0 Å². The Hall–Kier alpha value is -2.01. The maximum Gasteiger partial charge on any atom is 0.225 e. The summed E-state index contributed by atoms with van der Waals surface area (Å²) >= 11 is 0. The van der Waals surface area contributed by atoms with Crippen LogP contribution in [0.4, 0.5) is 10.3 Å². The van der Waals surface area contributed by atoms with Crippen molar-refractivity contribution in [1.29, 1.82) is 0 Å². The summed E-state index contributed by atoms with van der Waals surface area (Å²) in [7, 11) is 0. The summed E-state index contributed by atoms with van der Waals surface area (Å²) in [4.78, 5) is 11.8. The molecule has 0 spiro atoms. The van der Waals surface area contributed by atoms with Crippen molar-refractivity contribution in [3.63, 3.8) is 0 Å². The molecule has 4 rings (SSSR count). The van der Waals surface area contributed by atoms with E-state index in [9.17, 15) is 4.39 Å². The summed E-state index contributed by atoms with van der Waals surface area (Å²) in [5.74, 6) is 1.26. The molecule has 2 aromatic rings. The van der Waals surface area contributed by atoms with Crippen LogP contribution in [0, 0.1) is 18.7 Å². The zero-order valence-corrected chi connectivity index (χ0v) is 16.3. The maximum atomic E-state index is 14.2. The molecule has 1 aromatic carbocycles. The van der Waals surface area contributed by atoms with Crippen molar-refractivity contribution in [2.75, 3.05) is 18.0 Å². The first kappa shape index (κ1) is 18.4. The SMILES string of the molecule is Cc1cc(CN[C@@H]2c3cccc(F)c3CC[C@@H]2C)nc(N2CCCCC2)n1. The van der Waals surface area contributed by atoms with Crippen molar-refractivity contribution in [3.8, 4) is 0 Å². The molecule has 0 saturated carbocycles. The van der Waals surface area contributed by atoms with Gasteiger partial charge in [-0.3, -0.25) is 0 Å². The van der Waals surface area contributed by atoms with E-state index in [0.29, 0.717) is 12.5 Å². The average molecular weight is 369 g/mol. The Labute approximate surface area is 161 Å². The van der Waals surface area contributed by atoms with E-state index in [2.05, 4.69) is 34.3 Å². The third-order valence-electron chi connectivity index (χ3n) is 5.95. The molecule has 0 amide bonds. The van der Waals surface area contributed by atoms with Gasteiger partial charge in [-0.2, -0.15) is 0 Å². The normalized spacial score (nSPS) is 22.6. The fraction of sp³-hybridized carbons (Fsp3) is 0.545. The van der Waals surface area contributed by atoms with E-state index in [1.54, 1.807) is 6.07 Å². The van der Waals surface area contributed by atoms with E-state index in [0.717, 1.165) is 54.4 Å². The number of hydrogen-bond acceptors (Lipinski definition) is 4. The minimum atomic E-state index is -0.0727. The molecule has 0 radical (unpaired) electrons. The van der Waals surface area contributed by atoms with E-state index in [1.807, 2.05) is 13.0 Å². The molecule has 4 nitrogen and oxygen atoms in total. The Kier molecular flexibility index (Phi) is 5.39. The van der Waals surface area contributed by atoms with Gasteiger partial charge in [-0.25, -0.2) is 14.4 Å². The smallest absolute Gasteiger partial charge is 0.225 e. The number of benzene rings is 1. The molecule has 1 aromatic heterocycles. The number of piperidine rings is 1. The van der Waals surface area contributed by atoms with Crippen LogP contribution in [0.2, 0.25) is 0 Å². The standard InChI is InChI=1S/C22H29FN4/c1-15-9-10-18-19(7-6-8-20(18)23)21(15)24-14-17-13-16(2)25-22(26-17)27-11-4-3-5-12-27/h6-8,13,15,21,24H,3-5,9-12,14H2,1-2H3/t15-,21-/m0/s1. The number of halogens is 1. The number of rotatable bonds is 4. The summed E-state index contributed by atoms with van der Waals surface area (Å²) in [6.07, 6.45) is 5.56. The van der Waals surface area contributed by atoms with E-state index >= 15 is 0 Å². The zero-order valence-electron chi connectivity index (χ0n) is 16.3. The van der Waals surface area contributed by atoms with Gasteiger partial charge in [0.25, 0.3) is 0 Å². The Bertz CT molecular complexity index is 801. The Balaban J connectivity index is 1.52. The quantitative estimate of drug-likeness (QED) is 0.872. The molecule has 1 aliphatic heterocycles. The summed E-state index contributed by atoms with van der Waals surface area (Å²) in [6, 6.07) is 7.68. The van der Waals surface area contributed by atoms with Crippen molar-refractivity contribution in [2.45, 2.75) is 58.5 Å². The van der Waals surface area contributed by atoms with Gasteiger partial charge in [-0.15, -0.1) is 0 Å². The molecule has 144 valence electrons. The van der Waals surface area contributed by atoms with Gasteiger partial charge in [-0.1, -0.05) is 19.1 Å². The molecular weight excluding hydrogens is 339 g/mol. The molecule has 0 unspecified atom stereocenters. The highest BCUT2D eigenvalue weighted by atomic mass is 19.1. The van der Waals surface area contributed by atoms with Crippen molar-refractivity contribution in [1.82, 2.24) is 15.3 Å². The van der Waals surface area contributed by atoms with Gasteiger partial charge in [0, 0.05) is 31.4 Å². The van der Waals surface area contributed by atoms with Gasteiger partial charge in [-0.05, 0) is 68.2 Å². The van der Waals surface area contributed by atoms with Crippen LogP contribution in [0.3, 0.4) is 0 Å². The molecule has 27 heavy (non-hydrogen) atoms. The number of aryl methyl sites for hydroxylation is 1. The molecule has 1 fully saturated rings. The molecule has 2 heterocycles. The molecule has 1 saturated heterocycles. The second-order valence-electron chi connectivity index (χ2n) is 8.03. The van der Waals surface area contributed by atoms with E-state index in [4.69, 9.17) is 4.98 Å². The zero-order chi connectivity index (χ0) is 18.8. The van der Waals surface area contributed by atoms with Gasteiger partial charge >= 0.3 is 0 Å². The van der Waals surface area contributed by atoms with Crippen LogP contribution in [0.5, 0.6) is 0 Å². The summed E-state index contributed by atoms with van der Waals surface area (Å²) in [5, 5.41) is 3.65. The van der Waals surface area contributed by atoms with Crippen molar-refractivity contribution < 1.29 is 4.39 Å². The maximum absolute atomic E-state index is 14.2. The van der Waals surface area contributed by atoms with Crippen molar-refractivity contribution in [3.05, 3.63) is 52.6 Å². The number of nitrogens with one attached hydrogen (secondary N) is 1. The van der Waals surface area contributed by atoms with Gasteiger partial charge < -0.3 is 10.2 Å². The Morgan fingerprint density at radius 2 is 2.00 bits per heavy atom. The fourth-order valence-corrected chi connectivity index (χ4v) is 4.44. The number of fused-ring (bicyclic) bond motifs is 1. The fourth-order valence-electron chi connectivity index (χ4n) is 4.44. The Morgan fingerprint density at radius 3 is 2.81 bits per heavy atom. The largest absolute Gasteiger partial charge is 0.341 e. The van der Waals surface area contributed by atoms with Crippen LogP contribution < -0.4 is 10.2 Å². The minimum absolute atomic E-state index is 0.0727. The second kappa shape index (κ2) is 7.93. The van der Waals surface area contributed by atoms with E-state index in [1.165, 1.54) is 19.3 Å². The highest BCUT2D eigenvalue weighted by Gasteiger charge is 2.28. The van der Waals surface area contributed by atoms with Crippen LogP contribution in [0.15, 0.2) is 24.3 Å². The highest BCUT2D eigenvalue weighted by molar-refractivity contribution is 5.35. The average Bonchev–Trinajstić information content (AvgIpc) is 2.68. The number of hydrogen-bond donors (Lipinski definition) is 1. The monoisotopic (exact) mass is 368 g/mol. The van der Waals surface area contributed by atoms with E-state index in [-0.39, 0.29) is 11.9 Å². The number of anilines is 1. The van der Waals surface area contributed by atoms with Crippen molar-refractivity contribution >= 4 is 5.95 Å². The molecule has 5 heteroatoms. The third-order valence-corrected chi connectivity index (χ3v) is 5.95. The van der Waals surface area contributed by atoms with Crippen LogP contribution in [-0.2, 0) is 13.0 Å². The summed E-state index contributed by atoms with van der Waals surface area (Å²) < 4.78 is 14.2. The lowest BCUT2D eigenvalue weighted by Gasteiger charge is -2.32. The molecular formula is C22H29FN4. The predicted octanol–water partition coefficient (Wildman–Crippen LogP) is 4.33. The lowest BCUT2D eigenvalue weighted by atomic mass is 9.80. The number of aromatic nitrogens is 2. The minimum Gasteiger partial charge on any atom is -0.341 e. The molecule has 0 bridgehead atoms. The van der Waals surface area contributed by atoms with Crippen LogP contribution in [0.25, 0.3) is 0 Å². The van der Waals surface area contributed by atoms with Crippen LogP contribution >= 0.6 is 0 Å². The summed E-state index contributed by atoms with van der Waals surface area (Å²) in [5.41, 5.74) is 4.00. The first-order valence-electron chi connectivity index (χ1n) is 10.2. The molecule has 1 aliphatic carbocycles. The lowest BCUT2D eigenvalue weighted by Crippen LogP contribution is -2.33. The molecule has 2 atom stereocenters. The molecule has 2 aliphatic rings. The number of nitrogens with zero attached hydrogens (tertiary/aromatic N) is 3. The Morgan fingerprint density at radius 1 is 1.19 bits per heavy atom. The lowest BCUT2D eigenvalue weighted by molar-refractivity contribution is 0.337. The predicted molar refractivity (Wildman–Crippen MR) is 106 cm³/mol. The van der Waals surface area contributed by atoms with E-state index < -0.39 is 0 Å². The third kappa shape index (κ3) is 3.98. The van der Waals surface area contributed by atoms with Crippen LogP contribution in [-0.4, -0.2) is 23.1 Å². The second-order valence-corrected chi connectivity index (χ2v) is 8.03.